The van der Waals surface area contributed by atoms with Crippen molar-refractivity contribution >= 4 is 184 Å². The number of benzene rings is 22. The van der Waals surface area contributed by atoms with E-state index >= 15 is 0 Å². The van der Waals surface area contributed by atoms with E-state index in [-0.39, 0.29) is 0 Å². The normalized spacial score (nSPS) is 11.9. The third kappa shape index (κ3) is 15.7. The van der Waals surface area contributed by atoms with Gasteiger partial charge < -0.3 is 13.7 Å². The van der Waals surface area contributed by atoms with E-state index in [2.05, 4.69) is 298 Å². The number of rotatable bonds is 16. The summed E-state index contributed by atoms with van der Waals surface area (Å²) in [6.07, 6.45) is 0. The Morgan fingerprint density at radius 3 is 0.796 bits per heavy atom. The van der Waals surface area contributed by atoms with Crippen molar-refractivity contribution in [1.82, 2.24) is 43.1 Å². The Hall–Kier alpha value is -18.3. The van der Waals surface area contributed by atoms with Crippen molar-refractivity contribution in [3.63, 3.8) is 0 Å². The zero-order valence-electron chi connectivity index (χ0n) is 79.4. The molecule has 694 valence electrons. The van der Waals surface area contributed by atoms with Gasteiger partial charge in [-0.3, -0.25) is 13.2 Å². The van der Waals surface area contributed by atoms with Crippen LogP contribution in [-0.2, 0) is 13.7 Å². The highest BCUT2D eigenvalue weighted by atomic mass is 31.2. The largest absolute Gasteiger partial charge is 0.309 e. The zero-order chi connectivity index (χ0) is 98.1. The summed E-state index contributed by atoms with van der Waals surface area (Å²) in [5.41, 5.74) is 22.9. The lowest BCUT2D eigenvalue weighted by Crippen LogP contribution is -2.24. The van der Waals surface area contributed by atoms with E-state index in [1.807, 2.05) is 249 Å². The lowest BCUT2D eigenvalue weighted by atomic mass is 9.96. The van der Waals surface area contributed by atoms with Crippen LogP contribution in [0.5, 0.6) is 0 Å². The van der Waals surface area contributed by atoms with Crippen molar-refractivity contribution in [1.29, 1.82) is 0 Å². The van der Waals surface area contributed by atoms with Crippen LogP contribution in [0.25, 0.3) is 194 Å². The van der Waals surface area contributed by atoms with Gasteiger partial charge in [0.25, 0.3) is 0 Å². The van der Waals surface area contributed by atoms with Gasteiger partial charge in [0.2, 0.25) is 0 Å². The van der Waals surface area contributed by atoms with Crippen molar-refractivity contribution < 1.29 is 13.7 Å². The van der Waals surface area contributed by atoms with E-state index in [1.165, 1.54) is 21.5 Å². The lowest BCUT2D eigenvalue weighted by Gasteiger charge is -2.20. The molecule has 0 N–H and O–H groups in total. The van der Waals surface area contributed by atoms with E-state index in [0.717, 1.165) is 220 Å². The Bertz CT molecular complexity index is 9990. The Labute approximate surface area is 847 Å². The van der Waals surface area contributed by atoms with Gasteiger partial charge in [-0.25, -0.2) is 29.9 Å². The standard InChI is InChI=1S/C46H30N3OP.C44H30N3OP.C42H28N3OP/c50-51(34-14-3-1-4-15-34,35-16-5-2-6-17-35)36-26-23-31(24-27-36)32-25-28-42-41(29-32)46-48-43-21-11-12-22-44(43)49(46)45(47-42)40-30-33-13-7-8-18-37(33)38-19-9-10-20-39(38)40;48-49(36-14-6-2-7-15-36,37-16-8-3-9-17-37)38-27-24-33(25-28-38)32-20-22-34(23-21-32)43-45-40-29-26-35(31-12-4-1-5-13-31)30-39(40)44-46-41-18-10-11-19-42(41)47(43)44;46-47(32-14-3-1-4-15-32,33-16-5-2-6-17-33)34-25-22-29(23-26-34)31-24-27-38-37(28-31)42-44-39-20-9-10-21-40(39)45(42)41(43-38)36-19-11-13-30-12-7-8-18-35(30)36/h1-30H;1-30H;1-28H. The second kappa shape index (κ2) is 37.2. The highest BCUT2D eigenvalue weighted by Gasteiger charge is 2.34. The molecule has 6 heterocycles. The highest BCUT2D eigenvalue weighted by Crippen LogP contribution is 2.48. The Kier molecular flexibility index (Phi) is 22.5. The Morgan fingerprint density at radius 2 is 0.408 bits per heavy atom. The molecule has 0 saturated carbocycles. The SMILES string of the molecule is O=P(c1ccccc1)(c1ccccc1)c1ccc(-c2ccc(-c3nc4ccc(-c5ccccc5)cc4c4nc5ccccc5n34)cc2)cc1.O=P(c1ccccc1)(c1ccccc1)c1ccc(-c2ccc3nc(-c4cc5ccccc5c5ccccc45)n4c5ccccc5nc4c3c2)cc1.O=P(c1ccccc1)(c1ccccc1)c1ccc(-c2ccc3nc(-c4cccc5ccccc45)n4c5ccccc5nc4c3c2)cc1. The number of fused-ring (bicyclic) bond motifs is 19. The van der Waals surface area contributed by atoms with Crippen LogP contribution in [0.1, 0.15) is 0 Å². The van der Waals surface area contributed by atoms with E-state index < -0.39 is 21.4 Å². The molecule has 6 aromatic heterocycles. The fourth-order valence-corrected chi connectivity index (χ4v) is 29.1. The van der Waals surface area contributed by atoms with Gasteiger partial charge in [0.1, 0.15) is 34.4 Å². The van der Waals surface area contributed by atoms with Crippen molar-refractivity contribution in [2.24, 2.45) is 0 Å². The van der Waals surface area contributed by atoms with Crippen LogP contribution < -0.4 is 47.7 Å². The molecular formula is C132H88N9O3P3. The summed E-state index contributed by atoms with van der Waals surface area (Å²) in [5, 5.41) is 17.4. The fourth-order valence-electron chi connectivity index (χ4n) is 21.1. The predicted molar refractivity (Wildman–Crippen MR) is 613 cm³/mol. The molecule has 0 aliphatic carbocycles. The monoisotopic (exact) mass is 1940 g/mol. The van der Waals surface area contributed by atoms with Crippen LogP contribution in [0, 0.1) is 0 Å². The molecule has 15 heteroatoms. The summed E-state index contributed by atoms with van der Waals surface area (Å²) in [4.78, 5) is 31.3. The molecule has 0 atom stereocenters. The minimum absolute atomic E-state index is 0.806. The van der Waals surface area contributed by atoms with E-state index in [1.54, 1.807) is 0 Å². The molecule has 22 aromatic carbocycles. The van der Waals surface area contributed by atoms with Crippen LogP contribution in [0.15, 0.2) is 534 Å². The average Bonchev–Trinajstić information content (AvgIpc) is 1.61. The van der Waals surface area contributed by atoms with Gasteiger partial charge in [0.15, 0.2) is 21.4 Å². The minimum Gasteiger partial charge on any atom is -0.309 e. The number of nitrogens with zero attached hydrogens (tertiary/aromatic N) is 9. The number of para-hydroxylation sites is 6. The summed E-state index contributed by atoms with van der Waals surface area (Å²) >= 11 is 0. The van der Waals surface area contributed by atoms with Gasteiger partial charge in [-0.2, -0.15) is 0 Å². The minimum atomic E-state index is -3.07. The molecule has 0 aliphatic rings. The van der Waals surface area contributed by atoms with Crippen LogP contribution in [0.2, 0.25) is 0 Å². The Morgan fingerprint density at radius 1 is 0.150 bits per heavy atom. The molecule has 147 heavy (non-hydrogen) atoms. The zero-order valence-corrected chi connectivity index (χ0v) is 82.1. The van der Waals surface area contributed by atoms with Crippen LogP contribution in [0.4, 0.5) is 0 Å². The third-order valence-corrected chi connectivity index (χ3v) is 37.6. The lowest BCUT2D eigenvalue weighted by molar-refractivity contribution is 0.591. The van der Waals surface area contributed by atoms with Crippen molar-refractivity contribution in [3.05, 3.63) is 534 Å². The van der Waals surface area contributed by atoms with Gasteiger partial charge in [-0.1, -0.05) is 455 Å². The molecular weight excluding hydrogens is 1850 g/mol. The number of hydrogen-bond acceptors (Lipinski definition) is 9. The third-order valence-electron chi connectivity index (χ3n) is 28.4. The van der Waals surface area contributed by atoms with Crippen LogP contribution in [-0.4, -0.2) is 43.1 Å². The molecule has 28 aromatic rings. The van der Waals surface area contributed by atoms with Crippen molar-refractivity contribution in [3.8, 4) is 78.7 Å². The topological polar surface area (TPSA) is 142 Å². The molecule has 0 radical (unpaired) electrons. The second-order valence-corrected chi connectivity index (χ2v) is 45.2. The van der Waals surface area contributed by atoms with Gasteiger partial charge >= 0.3 is 0 Å². The van der Waals surface area contributed by atoms with E-state index in [0.29, 0.717) is 0 Å². The number of imidazole rings is 3. The number of hydrogen-bond donors (Lipinski definition) is 0. The Balaban J connectivity index is 0.000000112. The molecule has 28 rings (SSSR count). The van der Waals surface area contributed by atoms with Crippen LogP contribution >= 0.6 is 21.4 Å². The summed E-state index contributed by atoms with van der Waals surface area (Å²) in [6.45, 7) is 0. The molecule has 0 saturated heterocycles. The van der Waals surface area contributed by atoms with Gasteiger partial charge in [-0.05, 0) is 156 Å². The predicted octanol–water partition coefficient (Wildman–Crippen LogP) is 29.2. The number of aromatic nitrogens is 9. The first-order valence-corrected chi connectivity index (χ1v) is 54.3. The first-order chi connectivity index (χ1) is 72.5. The molecule has 0 unspecified atom stereocenters. The van der Waals surface area contributed by atoms with Crippen molar-refractivity contribution in [2.45, 2.75) is 0 Å². The fraction of sp³-hybridized carbons (Fsp3) is 0. The summed E-state index contributed by atoms with van der Waals surface area (Å²) in [7, 11) is -9.15. The summed E-state index contributed by atoms with van der Waals surface area (Å²) in [6, 6.07) is 180. The summed E-state index contributed by atoms with van der Waals surface area (Å²) < 4.78 is 51.3. The van der Waals surface area contributed by atoms with Crippen molar-refractivity contribution in [2.75, 3.05) is 0 Å². The van der Waals surface area contributed by atoms with Gasteiger partial charge in [0.05, 0.1) is 49.7 Å². The maximum atomic E-state index is 15.0. The molecule has 0 spiro atoms. The first-order valence-electron chi connectivity index (χ1n) is 49.2. The van der Waals surface area contributed by atoms with Gasteiger partial charge in [-0.15, -0.1) is 0 Å². The highest BCUT2D eigenvalue weighted by molar-refractivity contribution is 7.86. The first kappa shape index (κ1) is 88.9. The second-order valence-electron chi connectivity index (χ2n) is 36.9. The smallest absolute Gasteiger partial charge is 0.171 e. The van der Waals surface area contributed by atoms with Gasteiger partial charge in [0, 0.05) is 80.6 Å². The van der Waals surface area contributed by atoms with E-state index in [4.69, 9.17) is 29.9 Å². The molecule has 0 amide bonds. The molecule has 0 bridgehead atoms. The van der Waals surface area contributed by atoms with E-state index in [9.17, 15) is 13.7 Å². The molecule has 0 fully saturated rings. The molecule has 12 nitrogen and oxygen atoms in total. The maximum Gasteiger partial charge on any atom is 0.171 e. The average molecular weight is 1940 g/mol. The summed E-state index contributed by atoms with van der Waals surface area (Å²) in [5.74, 6) is 2.58. The van der Waals surface area contributed by atoms with Crippen LogP contribution in [0.3, 0.4) is 0 Å². The molecule has 0 aliphatic heterocycles. The quantitative estimate of drug-likeness (QED) is 0.0682. The maximum absolute atomic E-state index is 15.0.